The molecule has 25 heavy (non-hydrogen) atoms. The van der Waals surface area contributed by atoms with Crippen molar-refractivity contribution in [2.45, 2.75) is 77.7 Å². The fraction of sp³-hybridized carbons (Fsp3) is 0.739. The quantitative estimate of drug-likeness (QED) is 0.644. The number of anilines is 1. The Bertz CT molecular complexity index is 481. The molecule has 0 aromatic heterocycles. The van der Waals surface area contributed by atoms with Gasteiger partial charge in [-0.15, -0.1) is 0 Å². The summed E-state index contributed by atoms with van der Waals surface area (Å²) >= 11 is 0. The van der Waals surface area contributed by atoms with Crippen molar-refractivity contribution in [1.82, 2.24) is 4.90 Å². The topological polar surface area (TPSA) is 6.48 Å². The largest absolute Gasteiger partial charge is 0.372 e. The molecule has 1 atom stereocenters. The second-order valence-electron chi connectivity index (χ2n) is 8.39. The van der Waals surface area contributed by atoms with Gasteiger partial charge in [0, 0.05) is 24.8 Å². The minimum absolute atomic E-state index is 0.782. The van der Waals surface area contributed by atoms with E-state index in [0.717, 1.165) is 12.0 Å². The van der Waals surface area contributed by atoms with Crippen LogP contribution in [-0.4, -0.2) is 37.1 Å². The van der Waals surface area contributed by atoms with Crippen LogP contribution >= 0.6 is 0 Å². The van der Waals surface area contributed by atoms with Crippen LogP contribution in [0, 0.1) is 5.92 Å². The van der Waals surface area contributed by atoms with E-state index in [1.807, 2.05) is 0 Å². The van der Waals surface area contributed by atoms with Crippen LogP contribution in [0.5, 0.6) is 0 Å². The maximum Gasteiger partial charge on any atom is 0.0366 e. The molecule has 2 nitrogen and oxygen atoms in total. The summed E-state index contributed by atoms with van der Waals surface area (Å²) in [5, 5.41) is 0. The van der Waals surface area contributed by atoms with Crippen LogP contribution in [0.4, 0.5) is 5.69 Å². The van der Waals surface area contributed by atoms with Gasteiger partial charge in [0.05, 0.1) is 0 Å². The van der Waals surface area contributed by atoms with E-state index < -0.39 is 0 Å². The first-order valence-electron chi connectivity index (χ1n) is 10.8. The van der Waals surface area contributed by atoms with Crippen molar-refractivity contribution in [3.8, 4) is 0 Å². The molecule has 0 saturated carbocycles. The van der Waals surface area contributed by atoms with E-state index in [-0.39, 0.29) is 0 Å². The molecule has 3 rings (SSSR count). The van der Waals surface area contributed by atoms with Crippen molar-refractivity contribution in [2.24, 2.45) is 5.92 Å². The van der Waals surface area contributed by atoms with Crippen LogP contribution in [0.2, 0.25) is 0 Å². The van der Waals surface area contributed by atoms with Crippen LogP contribution < -0.4 is 4.90 Å². The summed E-state index contributed by atoms with van der Waals surface area (Å²) in [7, 11) is 0. The molecule has 2 heterocycles. The molecule has 2 saturated heterocycles. The van der Waals surface area contributed by atoms with Gasteiger partial charge in [0.25, 0.3) is 0 Å². The van der Waals surface area contributed by atoms with Gasteiger partial charge in [0.15, 0.2) is 0 Å². The van der Waals surface area contributed by atoms with E-state index in [1.165, 1.54) is 89.7 Å². The molecule has 2 aliphatic heterocycles. The average molecular weight is 343 g/mol. The third kappa shape index (κ3) is 5.48. The molecule has 2 fully saturated rings. The van der Waals surface area contributed by atoms with Gasteiger partial charge >= 0.3 is 0 Å². The zero-order valence-corrected chi connectivity index (χ0v) is 16.6. The van der Waals surface area contributed by atoms with E-state index in [4.69, 9.17) is 0 Å². The molecule has 1 aromatic rings. The Labute approximate surface area is 155 Å². The van der Waals surface area contributed by atoms with E-state index in [9.17, 15) is 0 Å². The van der Waals surface area contributed by atoms with Gasteiger partial charge in [0.2, 0.25) is 0 Å². The molecule has 0 radical (unpaired) electrons. The summed E-state index contributed by atoms with van der Waals surface area (Å²) in [6, 6.07) is 10.3. The molecule has 0 amide bonds. The van der Waals surface area contributed by atoms with Gasteiger partial charge in [-0.2, -0.15) is 0 Å². The van der Waals surface area contributed by atoms with Crippen LogP contribution in [0.3, 0.4) is 0 Å². The first kappa shape index (κ1) is 18.8. The van der Waals surface area contributed by atoms with Crippen molar-refractivity contribution in [3.05, 3.63) is 29.8 Å². The number of unbranched alkanes of at least 4 members (excludes halogenated alkanes) is 1. The summed E-state index contributed by atoms with van der Waals surface area (Å²) in [6.07, 6.45) is 12.2. The van der Waals surface area contributed by atoms with Gasteiger partial charge in [0.1, 0.15) is 0 Å². The lowest BCUT2D eigenvalue weighted by molar-refractivity contribution is 0.133. The van der Waals surface area contributed by atoms with E-state index in [2.05, 4.69) is 47.9 Å². The molecule has 0 aliphatic carbocycles. The Balaban J connectivity index is 1.44. The fourth-order valence-corrected chi connectivity index (χ4v) is 4.61. The Morgan fingerprint density at radius 2 is 1.64 bits per heavy atom. The van der Waals surface area contributed by atoms with Gasteiger partial charge in [-0.25, -0.2) is 0 Å². The van der Waals surface area contributed by atoms with E-state index >= 15 is 0 Å². The average Bonchev–Trinajstić information content (AvgIpc) is 2.68. The smallest absolute Gasteiger partial charge is 0.0366 e. The Morgan fingerprint density at radius 1 is 0.960 bits per heavy atom. The SMILES string of the molecule is CCCCC(C)N1CCC(Cc2ccc(N3CCCCC3)cc2)CC1. The molecule has 2 aliphatic rings. The molecular weight excluding hydrogens is 304 g/mol. The minimum Gasteiger partial charge on any atom is -0.372 e. The van der Waals surface area contributed by atoms with Gasteiger partial charge in [-0.3, -0.25) is 0 Å². The number of likely N-dealkylation sites (tertiary alicyclic amines) is 1. The predicted octanol–water partition coefficient (Wildman–Crippen LogP) is 5.51. The van der Waals surface area contributed by atoms with Crippen molar-refractivity contribution in [3.63, 3.8) is 0 Å². The third-order valence-electron chi connectivity index (χ3n) is 6.43. The Morgan fingerprint density at radius 3 is 2.28 bits per heavy atom. The van der Waals surface area contributed by atoms with Crippen LogP contribution in [0.25, 0.3) is 0 Å². The van der Waals surface area contributed by atoms with Gasteiger partial charge in [-0.05, 0) is 88.6 Å². The first-order valence-corrected chi connectivity index (χ1v) is 10.8. The van der Waals surface area contributed by atoms with Gasteiger partial charge < -0.3 is 9.80 Å². The summed E-state index contributed by atoms with van der Waals surface area (Å²) < 4.78 is 0. The summed E-state index contributed by atoms with van der Waals surface area (Å²) in [4.78, 5) is 5.29. The van der Waals surface area contributed by atoms with Crippen molar-refractivity contribution < 1.29 is 0 Å². The highest BCUT2D eigenvalue weighted by atomic mass is 15.2. The summed E-state index contributed by atoms with van der Waals surface area (Å²) in [5.74, 6) is 0.885. The Hall–Kier alpha value is -1.02. The fourth-order valence-electron chi connectivity index (χ4n) is 4.61. The maximum atomic E-state index is 2.73. The zero-order valence-electron chi connectivity index (χ0n) is 16.6. The highest BCUT2D eigenvalue weighted by Crippen LogP contribution is 2.26. The summed E-state index contributed by atoms with van der Waals surface area (Å²) in [6.45, 7) is 9.83. The monoisotopic (exact) mass is 342 g/mol. The lowest BCUT2D eigenvalue weighted by Gasteiger charge is -2.36. The number of hydrogen-bond acceptors (Lipinski definition) is 2. The Kier molecular flexibility index (Phi) is 7.22. The lowest BCUT2D eigenvalue weighted by atomic mass is 9.89. The predicted molar refractivity (Wildman–Crippen MR) is 109 cm³/mol. The number of nitrogens with zero attached hydrogens (tertiary/aromatic N) is 2. The van der Waals surface area contributed by atoms with E-state index in [1.54, 1.807) is 5.56 Å². The number of piperidine rings is 2. The highest BCUT2D eigenvalue weighted by molar-refractivity contribution is 5.47. The highest BCUT2D eigenvalue weighted by Gasteiger charge is 2.22. The molecule has 140 valence electrons. The molecule has 0 N–H and O–H groups in total. The molecule has 1 aromatic carbocycles. The molecular formula is C23H38N2. The number of hydrogen-bond donors (Lipinski definition) is 0. The number of benzene rings is 1. The molecule has 0 bridgehead atoms. The molecule has 2 heteroatoms. The van der Waals surface area contributed by atoms with Crippen LogP contribution in [-0.2, 0) is 6.42 Å². The van der Waals surface area contributed by atoms with Crippen molar-refractivity contribution in [2.75, 3.05) is 31.1 Å². The summed E-state index contributed by atoms with van der Waals surface area (Å²) in [5.41, 5.74) is 2.97. The zero-order chi connectivity index (χ0) is 17.5. The molecule has 1 unspecified atom stereocenters. The number of rotatable bonds is 7. The van der Waals surface area contributed by atoms with E-state index in [0.29, 0.717) is 0 Å². The molecule has 0 spiro atoms. The van der Waals surface area contributed by atoms with Crippen LogP contribution in [0.15, 0.2) is 24.3 Å². The second kappa shape index (κ2) is 9.62. The normalized spacial score (nSPS) is 21.4. The van der Waals surface area contributed by atoms with Crippen LogP contribution in [0.1, 0.15) is 70.8 Å². The van der Waals surface area contributed by atoms with Crippen molar-refractivity contribution in [1.29, 1.82) is 0 Å². The minimum atomic E-state index is 0.782. The van der Waals surface area contributed by atoms with Crippen molar-refractivity contribution >= 4 is 5.69 Å². The third-order valence-corrected chi connectivity index (χ3v) is 6.43. The second-order valence-corrected chi connectivity index (χ2v) is 8.39. The standard InChI is InChI=1S/C23H38N2/c1-3-4-8-20(2)24-17-13-22(14-18-24)19-21-9-11-23(12-10-21)25-15-6-5-7-16-25/h9-12,20,22H,3-8,13-19H2,1-2H3. The lowest BCUT2D eigenvalue weighted by Crippen LogP contribution is -2.40. The maximum absolute atomic E-state index is 2.73. The van der Waals surface area contributed by atoms with Gasteiger partial charge in [-0.1, -0.05) is 31.9 Å². The first-order chi connectivity index (χ1) is 12.3.